The van der Waals surface area contributed by atoms with Crippen LogP contribution in [0.3, 0.4) is 0 Å². The fraction of sp³-hybridized carbons (Fsp3) is 0.571. The van der Waals surface area contributed by atoms with Gasteiger partial charge in [-0.05, 0) is 6.92 Å². The summed E-state index contributed by atoms with van der Waals surface area (Å²) in [5, 5.41) is 12.9. The second-order valence-electron chi connectivity index (χ2n) is 2.36. The summed E-state index contributed by atoms with van der Waals surface area (Å²) in [6, 6.07) is 0. The van der Waals surface area contributed by atoms with E-state index >= 15 is 0 Å². The second kappa shape index (κ2) is 2.92. The van der Waals surface area contributed by atoms with E-state index in [4.69, 9.17) is 9.84 Å². The number of rotatable bonds is 2. The van der Waals surface area contributed by atoms with Gasteiger partial charge in [-0.25, -0.2) is 4.68 Å². The van der Waals surface area contributed by atoms with Gasteiger partial charge in [-0.1, -0.05) is 0 Å². The van der Waals surface area contributed by atoms with Crippen molar-refractivity contribution in [1.29, 1.82) is 0 Å². The van der Waals surface area contributed by atoms with Gasteiger partial charge in [0.1, 0.15) is 0 Å². The van der Waals surface area contributed by atoms with E-state index in [-0.39, 0.29) is 6.61 Å². The first-order valence-electron chi connectivity index (χ1n) is 3.38. The third-order valence-electron chi connectivity index (χ3n) is 1.66. The van der Waals surface area contributed by atoms with Crippen LogP contribution in [0.25, 0.3) is 0 Å². The van der Waals surface area contributed by atoms with Crippen molar-refractivity contribution in [3.05, 3.63) is 11.3 Å². The third-order valence-corrected chi connectivity index (χ3v) is 1.66. The number of aromatic nitrogens is 2. The highest BCUT2D eigenvalue weighted by molar-refractivity contribution is 5.29. The van der Waals surface area contributed by atoms with Crippen LogP contribution in [0.1, 0.15) is 11.3 Å². The third kappa shape index (κ3) is 1.21. The number of aliphatic hydroxyl groups excluding tert-OH is 1. The van der Waals surface area contributed by atoms with Crippen LogP contribution < -0.4 is 4.74 Å². The maximum absolute atomic E-state index is 8.82. The predicted molar refractivity (Wildman–Crippen MR) is 40.4 cm³/mol. The molecule has 1 aromatic rings. The number of methoxy groups -OCH3 is 1. The zero-order chi connectivity index (χ0) is 8.43. The lowest BCUT2D eigenvalue weighted by atomic mass is 10.3. The van der Waals surface area contributed by atoms with Crippen molar-refractivity contribution in [2.45, 2.75) is 13.5 Å². The van der Waals surface area contributed by atoms with E-state index in [2.05, 4.69) is 5.10 Å². The van der Waals surface area contributed by atoms with Gasteiger partial charge in [0.05, 0.1) is 19.4 Å². The van der Waals surface area contributed by atoms with E-state index in [0.717, 1.165) is 5.56 Å². The van der Waals surface area contributed by atoms with Crippen molar-refractivity contribution < 1.29 is 9.84 Å². The summed E-state index contributed by atoms with van der Waals surface area (Å²) in [6.45, 7) is 1.83. The van der Waals surface area contributed by atoms with Crippen molar-refractivity contribution in [3.8, 4) is 5.88 Å². The molecule has 1 rings (SSSR count). The van der Waals surface area contributed by atoms with Crippen molar-refractivity contribution in [2.75, 3.05) is 7.11 Å². The van der Waals surface area contributed by atoms with E-state index in [9.17, 15) is 0 Å². The average Bonchev–Trinajstić information content (AvgIpc) is 2.26. The molecule has 1 aromatic heterocycles. The Labute approximate surface area is 65.4 Å². The molecule has 0 bridgehead atoms. The summed E-state index contributed by atoms with van der Waals surface area (Å²) in [5.41, 5.74) is 1.57. The summed E-state index contributed by atoms with van der Waals surface area (Å²) < 4.78 is 6.66. The SMILES string of the molecule is COc1c(C)c(CO)nn1C. The minimum atomic E-state index is -0.0387. The van der Waals surface area contributed by atoms with Gasteiger partial charge in [0.25, 0.3) is 0 Å². The summed E-state index contributed by atoms with van der Waals surface area (Å²) in [7, 11) is 3.37. The first-order chi connectivity index (χ1) is 5.20. The zero-order valence-electron chi connectivity index (χ0n) is 6.96. The van der Waals surface area contributed by atoms with E-state index in [1.54, 1.807) is 18.8 Å². The molecular formula is C7H12N2O2. The number of ether oxygens (including phenoxy) is 1. The van der Waals surface area contributed by atoms with Crippen molar-refractivity contribution in [3.63, 3.8) is 0 Å². The van der Waals surface area contributed by atoms with E-state index < -0.39 is 0 Å². The topological polar surface area (TPSA) is 47.3 Å². The molecule has 4 heteroatoms. The lowest BCUT2D eigenvalue weighted by molar-refractivity contribution is 0.275. The molecule has 0 unspecified atom stereocenters. The number of aliphatic hydroxyl groups is 1. The number of nitrogens with zero attached hydrogens (tertiary/aromatic N) is 2. The van der Waals surface area contributed by atoms with Gasteiger partial charge in [0.15, 0.2) is 0 Å². The van der Waals surface area contributed by atoms with E-state index in [1.165, 1.54) is 0 Å². The minimum Gasteiger partial charge on any atom is -0.481 e. The molecule has 1 N–H and O–H groups in total. The van der Waals surface area contributed by atoms with Crippen LogP contribution >= 0.6 is 0 Å². The van der Waals surface area contributed by atoms with Gasteiger partial charge in [-0.3, -0.25) is 0 Å². The summed E-state index contributed by atoms with van der Waals surface area (Å²) in [5.74, 6) is 0.703. The standard InChI is InChI=1S/C7H12N2O2/c1-5-6(4-10)8-9(2)7(5)11-3/h10H,4H2,1-3H3. The van der Waals surface area contributed by atoms with Crippen LogP contribution in [0.15, 0.2) is 0 Å². The number of aryl methyl sites for hydroxylation is 1. The molecule has 0 aliphatic rings. The van der Waals surface area contributed by atoms with Gasteiger partial charge in [-0.2, -0.15) is 5.10 Å². The van der Waals surface area contributed by atoms with Crippen LogP contribution in [0, 0.1) is 6.92 Å². The highest BCUT2D eigenvalue weighted by Gasteiger charge is 2.10. The van der Waals surface area contributed by atoms with E-state index in [0.29, 0.717) is 11.6 Å². The van der Waals surface area contributed by atoms with Crippen molar-refractivity contribution in [1.82, 2.24) is 9.78 Å². The second-order valence-corrected chi connectivity index (χ2v) is 2.36. The molecule has 0 spiro atoms. The van der Waals surface area contributed by atoms with Crippen LogP contribution in [-0.4, -0.2) is 22.0 Å². The Hall–Kier alpha value is -1.03. The van der Waals surface area contributed by atoms with Gasteiger partial charge < -0.3 is 9.84 Å². The summed E-state index contributed by atoms with van der Waals surface area (Å²) in [4.78, 5) is 0. The Morgan fingerprint density at radius 3 is 2.55 bits per heavy atom. The fourth-order valence-corrected chi connectivity index (χ4v) is 1.10. The Bertz CT molecular complexity index is 255. The molecule has 0 aromatic carbocycles. The van der Waals surface area contributed by atoms with Gasteiger partial charge in [-0.15, -0.1) is 0 Å². The van der Waals surface area contributed by atoms with Crippen molar-refractivity contribution in [2.24, 2.45) is 7.05 Å². The first-order valence-corrected chi connectivity index (χ1v) is 3.38. The zero-order valence-corrected chi connectivity index (χ0v) is 6.96. The van der Waals surface area contributed by atoms with Crippen LogP contribution in [0.5, 0.6) is 5.88 Å². The van der Waals surface area contributed by atoms with Gasteiger partial charge >= 0.3 is 0 Å². The molecule has 0 amide bonds. The van der Waals surface area contributed by atoms with Crippen LogP contribution in [-0.2, 0) is 13.7 Å². The number of hydrogen-bond donors (Lipinski definition) is 1. The highest BCUT2D eigenvalue weighted by atomic mass is 16.5. The Morgan fingerprint density at radius 1 is 1.64 bits per heavy atom. The van der Waals surface area contributed by atoms with Crippen LogP contribution in [0.4, 0.5) is 0 Å². The molecule has 0 saturated heterocycles. The molecule has 0 radical (unpaired) electrons. The highest BCUT2D eigenvalue weighted by Crippen LogP contribution is 2.19. The monoisotopic (exact) mass is 156 g/mol. The lowest BCUT2D eigenvalue weighted by Crippen LogP contribution is -1.95. The average molecular weight is 156 g/mol. The van der Waals surface area contributed by atoms with Gasteiger partial charge in [0, 0.05) is 12.6 Å². The van der Waals surface area contributed by atoms with Crippen molar-refractivity contribution >= 4 is 0 Å². The molecule has 4 nitrogen and oxygen atoms in total. The Balaban J connectivity index is 3.14. The maximum Gasteiger partial charge on any atom is 0.214 e. The molecule has 0 saturated carbocycles. The number of hydrogen-bond acceptors (Lipinski definition) is 3. The normalized spacial score (nSPS) is 10.2. The molecule has 62 valence electrons. The Kier molecular flexibility index (Phi) is 2.14. The minimum absolute atomic E-state index is 0.0387. The molecule has 11 heavy (non-hydrogen) atoms. The summed E-state index contributed by atoms with van der Waals surface area (Å²) >= 11 is 0. The molecule has 0 aliphatic carbocycles. The quantitative estimate of drug-likeness (QED) is 0.666. The molecule has 0 fully saturated rings. The largest absolute Gasteiger partial charge is 0.481 e. The molecular weight excluding hydrogens is 144 g/mol. The van der Waals surface area contributed by atoms with E-state index in [1.807, 2.05) is 6.92 Å². The molecule has 0 aliphatic heterocycles. The smallest absolute Gasteiger partial charge is 0.214 e. The van der Waals surface area contributed by atoms with Crippen LogP contribution in [0.2, 0.25) is 0 Å². The predicted octanol–water partition coefficient (Wildman–Crippen LogP) is 0.229. The Morgan fingerprint density at radius 2 is 2.27 bits per heavy atom. The lowest BCUT2D eigenvalue weighted by Gasteiger charge is -1.98. The van der Waals surface area contributed by atoms with Gasteiger partial charge in [0.2, 0.25) is 5.88 Å². The fourth-order valence-electron chi connectivity index (χ4n) is 1.10. The molecule has 1 heterocycles. The first kappa shape index (κ1) is 8.07. The summed E-state index contributed by atoms with van der Waals surface area (Å²) in [6.07, 6.45) is 0. The maximum atomic E-state index is 8.82. The molecule has 0 atom stereocenters.